The van der Waals surface area contributed by atoms with E-state index < -0.39 is 24.0 Å². The van der Waals surface area contributed by atoms with E-state index in [1.807, 2.05) is 0 Å². The van der Waals surface area contributed by atoms with E-state index in [2.05, 4.69) is 10.6 Å². The van der Waals surface area contributed by atoms with Crippen LogP contribution in [-0.2, 0) is 9.59 Å². The first-order valence-corrected chi connectivity index (χ1v) is 5.71. The SMILES string of the molecule is O=C(O)CCC(NC(=O)N1CCNCC1)C(=O)O. The standard InChI is InChI=1S/C10H17N3O5/c14-8(15)2-1-7(9(16)17)12-10(18)13-5-3-11-4-6-13/h7,11H,1-6H2,(H,12,18)(H,14,15)(H,16,17). The van der Waals surface area contributed by atoms with Crippen LogP contribution < -0.4 is 10.6 Å². The van der Waals surface area contributed by atoms with Crippen LogP contribution in [0.5, 0.6) is 0 Å². The molecule has 1 aliphatic rings. The molecule has 1 unspecified atom stereocenters. The van der Waals surface area contributed by atoms with Crippen LogP contribution in [-0.4, -0.2) is 65.3 Å². The van der Waals surface area contributed by atoms with Gasteiger partial charge < -0.3 is 25.7 Å². The van der Waals surface area contributed by atoms with Crippen LogP contribution in [0.4, 0.5) is 4.79 Å². The molecule has 1 heterocycles. The average molecular weight is 259 g/mol. The van der Waals surface area contributed by atoms with Crippen molar-refractivity contribution in [2.45, 2.75) is 18.9 Å². The second-order valence-electron chi connectivity index (χ2n) is 4.01. The van der Waals surface area contributed by atoms with E-state index in [4.69, 9.17) is 10.2 Å². The molecule has 0 aromatic rings. The van der Waals surface area contributed by atoms with Gasteiger partial charge in [-0.3, -0.25) is 4.79 Å². The van der Waals surface area contributed by atoms with Crippen molar-refractivity contribution in [1.82, 2.24) is 15.5 Å². The first-order valence-electron chi connectivity index (χ1n) is 5.71. The van der Waals surface area contributed by atoms with Crippen LogP contribution in [0.25, 0.3) is 0 Å². The minimum absolute atomic E-state index is 0.123. The number of aliphatic carboxylic acids is 2. The number of hydrogen-bond acceptors (Lipinski definition) is 4. The van der Waals surface area contributed by atoms with Crippen molar-refractivity contribution < 1.29 is 24.6 Å². The van der Waals surface area contributed by atoms with Crippen molar-refractivity contribution >= 4 is 18.0 Å². The molecule has 0 aromatic carbocycles. The van der Waals surface area contributed by atoms with E-state index >= 15 is 0 Å². The molecule has 1 rings (SSSR count). The van der Waals surface area contributed by atoms with E-state index in [-0.39, 0.29) is 12.8 Å². The summed E-state index contributed by atoms with van der Waals surface area (Å²) < 4.78 is 0. The highest BCUT2D eigenvalue weighted by Crippen LogP contribution is 2.01. The lowest BCUT2D eigenvalue weighted by atomic mass is 10.1. The average Bonchev–Trinajstić information content (AvgIpc) is 2.34. The lowest BCUT2D eigenvalue weighted by Crippen LogP contribution is -2.53. The zero-order valence-electron chi connectivity index (χ0n) is 9.89. The molecule has 8 nitrogen and oxygen atoms in total. The number of rotatable bonds is 5. The first-order chi connectivity index (χ1) is 8.50. The van der Waals surface area contributed by atoms with Gasteiger partial charge in [0.05, 0.1) is 0 Å². The Morgan fingerprint density at radius 3 is 2.33 bits per heavy atom. The number of carbonyl (C=O) groups excluding carboxylic acids is 1. The number of carboxylic acid groups (broad SMARTS) is 2. The predicted molar refractivity (Wildman–Crippen MR) is 61.3 cm³/mol. The van der Waals surface area contributed by atoms with Crippen molar-refractivity contribution in [2.24, 2.45) is 0 Å². The molecule has 0 aromatic heterocycles. The summed E-state index contributed by atoms with van der Waals surface area (Å²) in [6.07, 6.45) is -0.415. The summed E-state index contributed by atoms with van der Waals surface area (Å²) in [4.78, 5) is 34.5. The van der Waals surface area contributed by atoms with Gasteiger partial charge in [0.1, 0.15) is 6.04 Å². The summed E-state index contributed by atoms with van der Waals surface area (Å²) in [6, 6.07) is -1.63. The second-order valence-corrected chi connectivity index (χ2v) is 4.01. The maximum Gasteiger partial charge on any atom is 0.326 e. The third-order valence-corrected chi connectivity index (χ3v) is 2.65. The molecule has 4 N–H and O–H groups in total. The van der Waals surface area contributed by atoms with Crippen molar-refractivity contribution in [2.75, 3.05) is 26.2 Å². The highest BCUT2D eigenvalue weighted by atomic mass is 16.4. The fourth-order valence-electron chi connectivity index (χ4n) is 1.63. The van der Waals surface area contributed by atoms with Gasteiger partial charge in [-0.1, -0.05) is 0 Å². The number of hydrogen-bond donors (Lipinski definition) is 4. The highest BCUT2D eigenvalue weighted by Gasteiger charge is 2.24. The molecule has 102 valence electrons. The van der Waals surface area contributed by atoms with Crippen LogP contribution in [0.15, 0.2) is 0 Å². The van der Waals surface area contributed by atoms with Gasteiger partial charge in [-0.05, 0) is 6.42 Å². The summed E-state index contributed by atoms with van der Waals surface area (Å²) >= 11 is 0. The second kappa shape index (κ2) is 6.80. The fourth-order valence-corrected chi connectivity index (χ4v) is 1.63. The molecule has 2 amide bonds. The Morgan fingerprint density at radius 2 is 1.83 bits per heavy atom. The van der Waals surface area contributed by atoms with Crippen molar-refractivity contribution in [1.29, 1.82) is 0 Å². The number of nitrogens with zero attached hydrogens (tertiary/aromatic N) is 1. The Morgan fingerprint density at radius 1 is 1.22 bits per heavy atom. The minimum atomic E-state index is -1.22. The van der Waals surface area contributed by atoms with Gasteiger partial charge in [0, 0.05) is 32.6 Å². The summed E-state index contributed by atoms with van der Waals surface area (Å²) in [5.74, 6) is -2.31. The van der Waals surface area contributed by atoms with E-state index in [9.17, 15) is 14.4 Å². The molecule has 0 radical (unpaired) electrons. The molecule has 1 fully saturated rings. The van der Waals surface area contributed by atoms with Gasteiger partial charge >= 0.3 is 18.0 Å². The molecule has 0 bridgehead atoms. The zero-order chi connectivity index (χ0) is 13.5. The largest absolute Gasteiger partial charge is 0.481 e. The van der Waals surface area contributed by atoms with Crippen molar-refractivity contribution in [3.8, 4) is 0 Å². The van der Waals surface area contributed by atoms with E-state index in [1.54, 1.807) is 0 Å². The molecular weight excluding hydrogens is 242 g/mol. The van der Waals surface area contributed by atoms with Gasteiger partial charge in [-0.2, -0.15) is 0 Å². The monoisotopic (exact) mass is 259 g/mol. The van der Waals surface area contributed by atoms with Crippen LogP contribution >= 0.6 is 0 Å². The normalized spacial score (nSPS) is 17.0. The minimum Gasteiger partial charge on any atom is -0.481 e. The van der Waals surface area contributed by atoms with Crippen LogP contribution in [0.2, 0.25) is 0 Å². The van der Waals surface area contributed by atoms with Crippen LogP contribution in [0.3, 0.4) is 0 Å². The Bertz CT molecular complexity index is 327. The maximum atomic E-state index is 11.7. The predicted octanol–water partition coefficient (Wildman–Crippen LogP) is -1.08. The maximum absolute atomic E-state index is 11.7. The Kier molecular flexibility index (Phi) is 5.37. The van der Waals surface area contributed by atoms with Gasteiger partial charge in [0.15, 0.2) is 0 Å². The zero-order valence-corrected chi connectivity index (χ0v) is 9.89. The number of carbonyl (C=O) groups is 3. The number of amides is 2. The Labute approximate surface area is 104 Å². The molecule has 1 aliphatic heterocycles. The van der Waals surface area contributed by atoms with Crippen molar-refractivity contribution in [3.63, 3.8) is 0 Å². The molecule has 8 heteroatoms. The van der Waals surface area contributed by atoms with Gasteiger partial charge in [-0.25, -0.2) is 9.59 Å². The Balaban J connectivity index is 2.46. The Hall–Kier alpha value is -1.83. The molecule has 1 atom stereocenters. The summed E-state index contributed by atoms with van der Waals surface area (Å²) in [7, 11) is 0. The third kappa shape index (κ3) is 4.58. The molecule has 1 saturated heterocycles. The van der Waals surface area contributed by atoms with Crippen molar-refractivity contribution in [3.05, 3.63) is 0 Å². The summed E-state index contributed by atoms with van der Waals surface area (Å²) in [5.41, 5.74) is 0. The van der Waals surface area contributed by atoms with E-state index in [0.717, 1.165) is 0 Å². The number of nitrogens with one attached hydrogen (secondary N) is 2. The number of urea groups is 1. The van der Waals surface area contributed by atoms with Gasteiger partial charge in [-0.15, -0.1) is 0 Å². The number of piperazine rings is 1. The van der Waals surface area contributed by atoms with E-state index in [1.165, 1.54) is 4.90 Å². The summed E-state index contributed by atoms with van der Waals surface area (Å²) in [5, 5.41) is 22.8. The fraction of sp³-hybridized carbons (Fsp3) is 0.700. The van der Waals surface area contributed by atoms with Crippen LogP contribution in [0, 0.1) is 0 Å². The molecule has 0 spiro atoms. The molecular formula is C10H17N3O5. The first kappa shape index (κ1) is 14.2. The lowest BCUT2D eigenvalue weighted by molar-refractivity contribution is -0.140. The molecule has 18 heavy (non-hydrogen) atoms. The quantitative estimate of drug-likeness (QED) is 0.498. The number of carboxylic acids is 2. The van der Waals surface area contributed by atoms with E-state index in [0.29, 0.717) is 26.2 Å². The van der Waals surface area contributed by atoms with Crippen LogP contribution in [0.1, 0.15) is 12.8 Å². The summed E-state index contributed by atoms with van der Waals surface area (Å²) in [6.45, 7) is 2.36. The smallest absolute Gasteiger partial charge is 0.326 e. The van der Waals surface area contributed by atoms with Gasteiger partial charge in [0.2, 0.25) is 0 Å². The molecule has 0 aliphatic carbocycles. The molecule has 0 saturated carbocycles. The highest BCUT2D eigenvalue weighted by molar-refractivity contribution is 5.83. The third-order valence-electron chi connectivity index (χ3n) is 2.65. The lowest BCUT2D eigenvalue weighted by Gasteiger charge is -2.28. The topological polar surface area (TPSA) is 119 Å². The van der Waals surface area contributed by atoms with Gasteiger partial charge in [0.25, 0.3) is 0 Å².